The van der Waals surface area contributed by atoms with E-state index in [1.165, 1.54) is 19.2 Å². The Morgan fingerprint density at radius 1 is 1.11 bits per heavy atom. The monoisotopic (exact) mass is 499 g/mol. The van der Waals surface area contributed by atoms with E-state index in [1.807, 2.05) is 0 Å². The second-order valence-corrected chi connectivity index (χ2v) is 10.0. The van der Waals surface area contributed by atoms with Crippen LogP contribution in [0.2, 0.25) is 0 Å². The largest absolute Gasteiger partial charge is 0.507 e. The lowest BCUT2D eigenvalue weighted by molar-refractivity contribution is -0.247. The molecular formula is C26H29NO9. The Morgan fingerprint density at radius 2 is 1.81 bits per heavy atom. The average molecular weight is 500 g/mol. The highest BCUT2D eigenvalue weighted by atomic mass is 16.7. The number of hydrogen-bond donors (Lipinski definition) is 5. The molecule has 10 heteroatoms. The number of carbonyl (C=O) groups excluding carboxylic acids is 2. The van der Waals surface area contributed by atoms with Crippen LogP contribution in [-0.2, 0) is 15.9 Å². The SMILES string of the molecule is COc1cccc2c1C(=O)c1c(O)c3c(c(O)c1C2=O)C[C@](C)(O)CC3OC1CC(N)C(O)C(C)O1. The first-order valence-corrected chi connectivity index (χ1v) is 11.8. The Kier molecular flexibility index (Phi) is 5.85. The van der Waals surface area contributed by atoms with Crippen LogP contribution in [0.3, 0.4) is 0 Å². The first-order chi connectivity index (χ1) is 16.9. The summed E-state index contributed by atoms with van der Waals surface area (Å²) in [6, 6.07) is 3.94. The number of carbonyl (C=O) groups is 2. The lowest BCUT2D eigenvalue weighted by atomic mass is 9.73. The number of aliphatic hydroxyl groups is 2. The van der Waals surface area contributed by atoms with Gasteiger partial charge in [0.1, 0.15) is 17.2 Å². The molecule has 5 rings (SSSR count). The number of phenolic OH excluding ortho intramolecular Hbond substituents is 2. The maximum Gasteiger partial charge on any atom is 0.202 e. The van der Waals surface area contributed by atoms with Crippen LogP contribution in [0.15, 0.2) is 18.2 Å². The molecule has 1 heterocycles. The van der Waals surface area contributed by atoms with Gasteiger partial charge in [-0.2, -0.15) is 0 Å². The van der Waals surface area contributed by atoms with Crippen molar-refractivity contribution < 1.29 is 44.2 Å². The minimum atomic E-state index is -1.36. The fourth-order valence-corrected chi connectivity index (χ4v) is 5.57. The third-order valence-electron chi connectivity index (χ3n) is 7.33. The molecule has 2 aromatic rings. The van der Waals surface area contributed by atoms with Crippen molar-refractivity contribution in [3.8, 4) is 17.2 Å². The molecule has 1 aliphatic heterocycles. The standard InChI is InChI=1S/C26H29NO9/c1-10-21(28)13(27)7-16(35-10)36-15-9-26(2,33)8-12-18(15)25(32)20-19(23(12)30)22(29)11-5-4-6-14(34-3)17(11)24(20)31/h4-6,10,13,15-16,21,28,30,32-33H,7-9,27H2,1-3H3/t10?,13?,15?,16?,21?,26-/m0/s1. The zero-order valence-corrected chi connectivity index (χ0v) is 20.1. The summed E-state index contributed by atoms with van der Waals surface area (Å²) in [7, 11) is 1.37. The van der Waals surface area contributed by atoms with Crippen molar-refractivity contribution in [2.45, 2.75) is 69.4 Å². The number of ketones is 2. The number of nitrogens with two attached hydrogens (primary N) is 1. The fraction of sp³-hybridized carbons (Fsp3) is 0.462. The van der Waals surface area contributed by atoms with Gasteiger partial charge in [-0.3, -0.25) is 9.59 Å². The van der Waals surface area contributed by atoms with Gasteiger partial charge in [0, 0.05) is 42.0 Å². The van der Waals surface area contributed by atoms with Gasteiger partial charge in [-0.1, -0.05) is 12.1 Å². The molecule has 3 aliphatic rings. The van der Waals surface area contributed by atoms with E-state index in [1.54, 1.807) is 19.9 Å². The van der Waals surface area contributed by atoms with Gasteiger partial charge in [-0.05, 0) is 19.9 Å². The van der Waals surface area contributed by atoms with Crippen LogP contribution >= 0.6 is 0 Å². The number of aromatic hydroxyl groups is 2. The second kappa shape index (κ2) is 8.53. The quantitative estimate of drug-likeness (QED) is 0.333. The third kappa shape index (κ3) is 3.68. The smallest absolute Gasteiger partial charge is 0.202 e. The lowest BCUT2D eigenvalue weighted by Gasteiger charge is -2.41. The summed E-state index contributed by atoms with van der Waals surface area (Å²) in [5.41, 5.74) is 4.27. The van der Waals surface area contributed by atoms with Gasteiger partial charge in [-0.15, -0.1) is 0 Å². The Balaban J connectivity index is 1.65. The van der Waals surface area contributed by atoms with Crippen molar-refractivity contribution in [2.75, 3.05) is 7.11 Å². The molecule has 10 nitrogen and oxygen atoms in total. The predicted molar refractivity (Wildman–Crippen MR) is 125 cm³/mol. The maximum absolute atomic E-state index is 13.6. The molecule has 6 N–H and O–H groups in total. The number of phenols is 2. The van der Waals surface area contributed by atoms with Crippen molar-refractivity contribution in [3.63, 3.8) is 0 Å². The van der Waals surface area contributed by atoms with Gasteiger partial charge >= 0.3 is 0 Å². The molecule has 0 bridgehead atoms. The predicted octanol–water partition coefficient (Wildman–Crippen LogP) is 1.46. The van der Waals surface area contributed by atoms with Gasteiger partial charge in [-0.25, -0.2) is 0 Å². The summed E-state index contributed by atoms with van der Waals surface area (Å²) < 4.78 is 17.1. The molecule has 36 heavy (non-hydrogen) atoms. The van der Waals surface area contributed by atoms with E-state index in [-0.39, 0.29) is 58.4 Å². The summed E-state index contributed by atoms with van der Waals surface area (Å²) in [6.07, 6.45) is -3.28. The molecule has 2 aromatic carbocycles. The van der Waals surface area contributed by atoms with E-state index in [4.69, 9.17) is 19.9 Å². The second-order valence-electron chi connectivity index (χ2n) is 10.0. The molecule has 0 saturated carbocycles. The normalized spacial score (nSPS) is 31.4. The van der Waals surface area contributed by atoms with Crippen molar-refractivity contribution >= 4 is 11.6 Å². The Bertz CT molecular complexity index is 1260. The van der Waals surface area contributed by atoms with E-state index < -0.39 is 59.3 Å². The zero-order chi connectivity index (χ0) is 26.1. The van der Waals surface area contributed by atoms with Crippen LogP contribution in [0.4, 0.5) is 0 Å². The third-order valence-corrected chi connectivity index (χ3v) is 7.33. The van der Waals surface area contributed by atoms with E-state index in [0.29, 0.717) is 0 Å². The van der Waals surface area contributed by atoms with Crippen molar-refractivity contribution in [3.05, 3.63) is 51.6 Å². The lowest BCUT2D eigenvalue weighted by Crippen LogP contribution is -2.52. The first-order valence-electron chi connectivity index (χ1n) is 11.8. The first kappa shape index (κ1) is 24.7. The number of aliphatic hydroxyl groups excluding tert-OH is 1. The molecule has 2 aliphatic carbocycles. The van der Waals surface area contributed by atoms with Crippen LogP contribution < -0.4 is 10.5 Å². The van der Waals surface area contributed by atoms with Crippen LogP contribution in [0.1, 0.15) is 75.8 Å². The molecule has 0 radical (unpaired) electrons. The van der Waals surface area contributed by atoms with Crippen molar-refractivity contribution in [2.24, 2.45) is 5.73 Å². The highest BCUT2D eigenvalue weighted by Gasteiger charge is 2.46. The number of benzene rings is 2. The summed E-state index contributed by atoms with van der Waals surface area (Å²) >= 11 is 0. The number of rotatable bonds is 3. The Hall–Kier alpha value is -3.02. The maximum atomic E-state index is 13.6. The van der Waals surface area contributed by atoms with Gasteiger partial charge in [0.15, 0.2) is 12.1 Å². The molecule has 0 amide bonds. The highest BCUT2D eigenvalue weighted by molar-refractivity contribution is 6.31. The van der Waals surface area contributed by atoms with E-state index in [0.717, 1.165) is 0 Å². The van der Waals surface area contributed by atoms with Crippen LogP contribution in [0.25, 0.3) is 0 Å². The molecule has 1 saturated heterocycles. The molecule has 0 spiro atoms. The Morgan fingerprint density at radius 3 is 2.47 bits per heavy atom. The Labute approximate surface area is 207 Å². The molecular weight excluding hydrogens is 470 g/mol. The highest BCUT2D eigenvalue weighted by Crippen LogP contribution is 2.52. The zero-order valence-electron chi connectivity index (χ0n) is 20.1. The van der Waals surface area contributed by atoms with E-state index >= 15 is 0 Å². The number of fused-ring (bicyclic) bond motifs is 3. The average Bonchev–Trinajstić information content (AvgIpc) is 2.81. The van der Waals surface area contributed by atoms with Crippen molar-refractivity contribution in [1.82, 2.24) is 0 Å². The van der Waals surface area contributed by atoms with Crippen molar-refractivity contribution in [1.29, 1.82) is 0 Å². The minimum Gasteiger partial charge on any atom is -0.507 e. The van der Waals surface area contributed by atoms with Crippen LogP contribution in [0, 0.1) is 0 Å². The minimum absolute atomic E-state index is 0.00294. The van der Waals surface area contributed by atoms with Crippen LogP contribution in [-0.4, -0.2) is 69.2 Å². The number of ether oxygens (including phenoxy) is 3. The number of hydrogen-bond acceptors (Lipinski definition) is 10. The molecule has 6 atom stereocenters. The van der Waals surface area contributed by atoms with Gasteiger partial charge in [0.2, 0.25) is 5.78 Å². The van der Waals surface area contributed by atoms with Crippen LogP contribution in [0.5, 0.6) is 17.2 Å². The summed E-state index contributed by atoms with van der Waals surface area (Å²) in [5, 5.41) is 43.7. The summed E-state index contributed by atoms with van der Waals surface area (Å²) in [6.45, 7) is 3.20. The van der Waals surface area contributed by atoms with Gasteiger partial charge < -0.3 is 40.4 Å². The fourth-order valence-electron chi connectivity index (χ4n) is 5.57. The summed E-state index contributed by atoms with van der Waals surface area (Å²) in [4.78, 5) is 27.0. The van der Waals surface area contributed by atoms with E-state index in [9.17, 15) is 30.0 Å². The van der Waals surface area contributed by atoms with Gasteiger partial charge in [0.25, 0.3) is 0 Å². The topological polar surface area (TPSA) is 169 Å². The van der Waals surface area contributed by atoms with E-state index in [2.05, 4.69) is 0 Å². The molecule has 5 unspecified atom stereocenters. The molecule has 0 aromatic heterocycles. The molecule has 1 fully saturated rings. The molecule has 192 valence electrons. The van der Waals surface area contributed by atoms with Gasteiger partial charge in [0.05, 0.1) is 47.7 Å². The summed E-state index contributed by atoms with van der Waals surface area (Å²) in [5.74, 6) is -2.12. The number of methoxy groups -OCH3 is 1.